The van der Waals surface area contributed by atoms with E-state index in [1.165, 1.54) is 0 Å². The number of unbranched alkanes of at least 4 members (excludes halogenated alkanes) is 5. The second kappa shape index (κ2) is 37.7. The fourth-order valence-corrected chi connectivity index (χ4v) is 9.29. The van der Waals surface area contributed by atoms with Gasteiger partial charge < -0.3 is 67.2 Å². The number of urea groups is 1. The average molecular weight is 1310 g/mol. The predicted molar refractivity (Wildman–Crippen MR) is 289 cm³/mol. The molecular formula is C51H79LuN13O16. The number of piperidine rings is 1. The predicted octanol–water partition coefficient (Wildman–Crippen LogP) is 1.19. The molecule has 3 atom stereocenters. The van der Waals surface area contributed by atoms with E-state index in [0.717, 1.165) is 63.6 Å². The number of anilines is 4. The summed E-state index contributed by atoms with van der Waals surface area (Å²) in [5, 5.41) is 80.3. The van der Waals surface area contributed by atoms with Crippen LogP contribution in [0.25, 0.3) is 0 Å². The van der Waals surface area contributed by atoms with Crippen molar-refractivity contribution in [3.05, 3.63) is 29.8 Å². The Morgan fingerprint density at radius 3 is 1.65 bits per heavy atom. The van der Waals surface area contributed by atoms with E-state index in [2.05, 4.69) is 36.5 Å². The van der Waals surface area contributed by atoms with Crippen molar-refractivity contribution in [3.63, 3.8) is 0 Å². The van der Waals surface area contributed by atoms with Crippen molar-refractivity contribution in [1.82, 2.24) is 50.5 Å². The number of hydrogen-bond donors (Lipinski definition) is 12. The maximum Gasteiger partial charge on any atom is 0.326 e. The van der Waals surface area contributed by atoms with Crippen molar-refractivity contribution in [2.75, 3.05) is 114 Å². The molecule has 0 bridgehead atoms. The zero-order valence-electron chi connectivity index (χ0n) is 45.4. The molecule has 2 aromatic rings. The van der Waals surface area contributed by atoms with Gasteiger partial charge in [-0.15, -0.1) is 0 Å². The van der Waals surface area contributed by atoms with Crippen molar-refractivity contribution in [3.8, 4) is 0 Å². The maximum absolute atomic E-state index is 12.4. The van der Waals surface area contributed by atoms with Gasteiger partial charge in [0.05, 0.1) is 26.2 Å². The minimum Gasteiger partial charge on any atom is -0.481 e. The van der Waals surface area contributed by atoms with Crippen LogP contribution >= 0.6 is 0 Å². The van der Waals surface area contributed by atoms with Crippen molar-refractivity contribution in [2.45, 2.75) is 114 Å². The number of hydrogen-bond acceptors (Lipinski definition) is 19. The monoisotopic (exact) mass is 1300 g/mol. The topological polar surface area (TPSA) is 410 Å². The Labute approximate surface area is 498 Å². The number of benzene rings is 1. The minimum absolute atomic E-state index is 0. The zero-order valence-corrected chi connectivity index (χ0v) is 47.1. The Bertz CT molecular complexity index is 2350. The molecule has 2 aliphatic rings. The molecule has 0 spiro atoms. The van der Waals surface area contributed by atoms with Crippen LogP contribution in [0.5, 0.6) is 0 Å². The number of nitrogens with one attached hydrogen (secondary N) is 5. The Morgan fingerprint density at radius 2 is 1.06 bits per heavy atom. The number of amides is 3. The average Bonchev–Trinajstić information content (AvgIpc) is 3.41. The first-order chi connectivity index (χ1) is 38.2. The first kappa shape index (κ1) is 69.0. The van der Waals surface area contributed by atoms with Crippen molar-refractivity contribution in [1.29, 1.82) is 0 Å². The number of carboxylic acid groups (broad SMARTS) is 7. The summed E-state index contributed by atoms with van der Waals surface area (Å²) in [6, 6.07) is 3.02. The van der Waals surface area contributed by atoms with Crippen LogP contribution in [0, 0.1) is 36.9 Å². The summed E-state index contributed by atoms with van der Waals surface area (Å²) in [6.07, 6.45) is 7.73. The Hall–Kier alpha value is -6.27. The third-order valence-electron chi connectivity index (χ3n) is 13.5. The van der Waals surface area contributed by atoms with E-state index in [1.807, 2.05) is 24.3 Å². The summed E-state index contributed by atoms with van der Waals surface area (Å²) in [7, 11) is 0. The Kier molecular flexibility index (Phi) is 32.1. The van der Waals surface area contributed by atoms with Gasteiger partial charge in [-0.05, 0) is 81.9 Å². The van der Waals surface area contributed by atoms with Gasteiger partial charge >= 0.3 is 47.8 Å². The summed E-state index contributed by atoms with van der Waals surface area (Å²) in [4.78, 5) is 129. The van der Waals surface area contributed by atoms with Crippen molar-refractivity contribution < 1.29 is 116 Å². The molecule has 459 valence electrons. The van der Waals surface area contributed by atoms with Gasteiger partial charge in [-0.2, -0.15) is 15.0 Å². The van der Waals surface area contributed by atoms with Crippen LogP contribution in [-0.2, 0) is 44.8 Å². The van der Waals surface area contributed by atoms with Crippen LogP contribution in [0.15, 0.2) is 24.3 Å². The van der Waals surface area contributed by atoms with E-state index in [1.54, 1.807) is 19.6 Å². The molecule has 1 aromatic heterocycles. The molecule has 0 aliphatic carbocycles. The summed E-state index contributed by atoms with van der Waals surface area (Å²) >= 11 is 0. The van der Waals surface area contributed by atoms with Crippen LogP contribution in [0.4, 0.5) is 28.3 Å². The van der Waals surface area contributed by atoms with E-state index in [4.69, 9.17) is 15.1 Å². The van der Waals surface area contributed by atoms with E-state index < -0.39 is 72.4 Å². The van der Waals surface area contributed by atoms with Crippen LogP contribution in [-0.4, -0.2) is 240 Å². The molecule has 2 aliphatic heterocycles. The number of aromatic nitrogens is 3. The quantitative estimate of drug-likeness (QED) is 0.0438. The standard InChI is InChI=1S/C51H79N13O16.Lu/c65-40(52-19-8-6-11-38(46(76)77)55-51(80)56-39(47(78)79)17-18-41(66)67)12-5-2-1-3-7-20-53-48-57-49(59-50(58-48)63-21-9-4-10-22-63)54-36-15-13-35(14-16-36)29-37-30-62(33-44(72)73)26-25-60(31-42(68)69)23-24-61(32-43(70)71)27-28-64(37)34-45(74)75;/h13-16,37-39H,1-12,17-34H2,(H,52,65)(H,66,67)(H,68,69)(H,70,71)(H,72,73)(H,74,75)(H,76,77)(H,78,79)(H2,55,56,80)(H2,53,54,57,58,59);/t37?,38-,39-;/m0./s1. The molecule has 12 N–H and O–H groups in total. The second-order valence-corrected chi connectivity index (χ2v) is 20.0. The summed E-state index contributed by atoms with van der Waals surface area (Å²) < 4.78 is 0. The SMILES string of the molecule is O=C(O)CC[C@H](NC(=O)N[C@@H](CCCCNC(=O)CCCCCCCNc1nc(Nc2ccc(CC3CN(CC(=O)O)CCN(CC(=O)O)CCN(CC(=O)O)CCN3CC(=O)O)cc2)nc(N2CCCCC2)n1)C(=O)O)C(=O)O.[Lu]. The van der Waals surface area contributed by atoms with Crippen LogP contribution in [0.2, 0.25) is 0 Å². The summed E-state index contributed by atoms with van der Waals surface area (Å²) in [5.74, 6) is -7.27. The van der Waals surface area contributed by atoms with Crippen LogP contribution < -0.4 is 31.5 Å². The molecule has 2 fully saturated rings. The van der Waals surface area contributed by atoms with Gasteiger partial charge in [-0.3, -0.25) is 48.4 Å². The van der Waals surface area contributed by atoms with Crippen molar-refractivity contribution >= 4 is 77.3 Å². The number of carboxylic acids is 7. The molecule has 2 saturated heterocycles. The minimum atomic E-state index is -1.51. The largest absolute Gasteiger partial charge is 0.481 e. The van der Waals surface area contributed by atoms with Crippen LogP contribution in [0.1, 0.15) is 95.5 Å². The normalized spacial score (nSPS) is 16.7. The molecule has 3 amide bonds. The molecule has 81 heavy (non-hydrogen) atoms. The summed E-state index contributed by atoms with van der Waals surface area (Å²) in [5.41, 5.74) is 1.48. The summed E-state index contributed by atoms with van der Waals surface area (Å²) in [6.45, 7) is 2.34. The first-order valence-electron chi connectivity index (χ1n) is 27.1. The Morgan fingerprint density at radius 1 is 0.531 bits per heavy atom. The number of nitrogens with zero attached hydrogens (tertiary/aromatic N) is 8. The van der Waals surface area contributed by atoms with Gasteiger partial charge in [0.25, 0.3) is 0 Å². The van der Waals surface area contributed by atoms with Gasteiger partial charge in [0, 0.05) is 133 Å². The van der Waals surface area contributed by atoms with E-state index in [9.17, 15) is 73.8 Å². The smallest absolute Gasteiger partial charge is 0.326 e. The first-order valence-corrected chi connectivity index (χ1v) is 27.1. The zero-order chi connectivity index (χ0) is 58.4. The van der Waals surface area contributed by atoms with Gasteiger partial charge in [-0.25, -0.2) is 14.4 Å². The van der Waals surface area contributed by atoms with Crippen molar-refractivity contribution in [2.24, 2.45) is 0 Å². The van der Waals surface area contributed by atoms with E-state index in [-0.39, 0.29) is 128 Å². The second-order valence-electron chi connectivity index (χ2n) is 20.0. The molecule has 4 rings (SSSR count). The molecule has 1 radical (unpaired) electrons. The number of rotatable bonds is 34. The molecular weight excluding hydrogens is 1230 g/mol. The molecule has 30 heteroatoms. The van der Waals surface area contributed by atoms with E-state index in [0.29, 0.717) is 68.7 Å². The molecule has 1 aromatic carbocycles. The molecule has 0 saturated carbocycles. The fraction of sp³-hybridized carbons (Fsp3) is 0.647. The van der Waals surface area contributed by atoms with Gasteiger partial charge in [0.1, 0.15) is 12.1 Å². The maximum atomic E-state index is 12.4. The molecule has 29 nitrogen and oxygen atoms in total. The number of carbonyl (C=O) groups is 9. The molecule has 3 heterocycles. The fourth-order valence-electron chi connectivity index (χ4n) is 9.29. The van der Waals surface area contributed by atoms with Gasteiger partial charge in [0.2, 0.25) is 23.8 Å². The number of aliphatic carboxylic acids is 7. The van der Waals surface area contributed by atoms with E-state index >= 15 is 0 Å². The Balaban J connectivity index is 0.0000172. The van der Waals surface area contributed by atoms with Gasteiger partial charge in [-0.1, -0.05) is 31.4 Å². The van der Waals surface area contributed by atoms with Gasteiger partial charge in [0.15, 0.2) is 0 Å². The third-order valence-corrected chi connectivity index (χ3v) is 13.5. The number of carbonyl (C=O) groups excluding carboxylic acids is 2. The third kappa shape index (κ3) is 28.8. The molecule has 1 unspecified atom stereocenters. The van der Waals surface area contributed by atoms with Crippen LogP contribution in [0.3, 0.4) is 0 Å².